The lowest BCUT2D eigenvalue weighted by molar-refractivity contribution is -0.147. The maximum Gasteiger partial charge on any atom is 0.330 e. The normalized spacial score (nSPS) is 46.9. The van der Waals surface area contributed by atoms with Crippen LogP contribution in [0.25, 0.3) is 0 Å². The van der Waals surface area contributed by atoms with Crippen molar-refractivity contribution in [3.8, 4) is 0 Å². The Morgan fingerprint density at radius 3 is 3.00 bits per heavy atom. The Kier molecular flexibility index (Phi) is 1.96. The predicted octanol–water partition coefficient (Wildman–Crippen LogP) is -1.07. The van der Waals surface area contributed by atoms with Crippen LogP contribution in [-0.4, -0.2) is 43.9 Å². The highest BCUT2D eigenvalue weighted by Crippen LogP contribution is 2.43. The zero-order valence-corrected chi connectivity index (χ0v) is 9.14. The first-order valence-electron chi connectivity index (χ1n) is 5.04. The summed E-state index contributed by atoms with van der Waals surface area (Å²) in [5.41, 5.74) is 0. The summed E-state index contributed by atoms with van der Waals surface area (Å²) in [5.74, 6) is -0.552. The number of hydrogen-bond donors (Lipinski definition) is 1. The van der Waals surface area contributed by atoms with Gasteiger partial charge in [-0.2, -0.15) is 8.42 Å². The SMILES string of the molecule is C=CC(=O)OC1C2CC3C(N2)C1OS3(=O)=O. The zero-order valence-electron chi connectivity index (χ0n) is 8.33. The lowest BCUT2D eigenvalue weighted by atomic mass is 9.94. The molecule has 0 saturated carbocycles. The molecule has 5 unspecified atom stereocenters. The summed E-state index contributed by atoms with van der Waals surface area (Å²) >= 11 is 0. The molecule has 2 bridgehead atoms. The number of rotatable bonds is 2. The molecule has 1 N–H and O–H groups in total. The molecule has 0 aromatic heterocycles. The Hall–Kier alpha value is -0.920. The van der Waals surface area contributed by atoms with E-state index in [0.717, 1.165) is 6.08 Å². The molecule has 3 heterocycles. The number of carbonyl (C=O) groups is 1. The molecule has 3 saturated heterocycles. The zero-order chi connectivity index (χ0) is 11.5. The van der Waals surface area contributed by atoms with Crippen LogP contribution in [0.5, 0.6) is 0 Å². The average Bonchev–Trinajstić information content (AvgIpc) is 2.81. The molecule has 3 aliphatic heterocycles. The molecule has 88 valence electrons. The highest BCUT2D eigenvalue weighted by atomic mass is 32.2. The van der Waals surface area contributed by atoms with Gasteiger partial charge in [-0.25, -0.2) is 4.79 Å². The molecule has 16 heavy (non-hydrogen) atoms. The van der Waals surface area contributed by atoms with Crippen molar-refractivity contribution >= 4 is 16.1 Å². The molecule has 0 aromatic rings. The summed E-state index contributed by atoms with van der Waals surface area (Å²) in [7, 11) is -3.49. The first-order valence-corrected chi connectivity index (χ1v) is 6.51. The van der Waals surface area contributed by atoms with E-state index in [-0.39, 0.29) is 12.1 Å². The molecule has 0 radical (unpaired) electrons. The number of ether oxygens (including phenoxy) is 1. The molecule has 7 heteroatoms. The van der Waals surface area contributed by atoms with E-state index < -0.39 is 33.5 Å². The largest absolute Gasteiger partial charge is 0.455 e. The number of hydrogen-bond acceptors (Lipinski definition) is 6. The van der Waals surface area contributed by atoms with Crippen LogP contribution >= 0.6 is 0 Å². The van der Waals surface area contributed by atoms with E-state index >= 15 is 0 Å². The topological polar surface area (TPSA) is 81.7 Å². The second-order valence-corrected chi connectivity index (χ2v) is 6.02. The van der Waals surface area contributed by atoms with Crippen LogP contribution < -0.4 is 5.32 Å². The van der Waals surface area contributed by atoms with Crippen molar-refractivity contribution in [3.05, 3.63) is 12.7 Å². The van der Waals surface area contributed by atoms with Crippen LogP contribution in [0.3, 0.4) is 0 Å². The van der Waals surface area contributed by atoms with Gasteiger partial charge in [-0.3, -0.25) is 4.18 Å². The maximum absolute atomic E-state index is 11.6. The van der Waals surface area contributed by atoms with E-state index in [2.05, 4.69) is 11.9 Å². The Labute approximate surface area is 92.7 Å². The maximum atomic E-state index is 11.6. The van der Waals surface area contributed by atoms with Gasteiger partial charge in [0.15, 0.2) is 0 Å². The van der Waals surface area contributed by atoms with Gasteiger partial charge in [-0.05, 0) is 6.42 Å². The molecule has 0 aliphatic carbocycles. The lowest BCUT2D eigenvalue weighted by Gasteiger charge is -2.22. The molecule has 3 aliphatic rings. The van der Waals surface area contributed by atoms with Gasteiger partial charge in [0.05, 0.1) is 6.04 Å². The highest BCUT2D eigenvalue weighted by Gasteiger charge is 2.65. The third kappa shape index (κ3) is 1.19. The van der Waals surface area contributed by atoms with Gasteiger partial charge in [0, 0.05) is 12.1 Å². The van der Waals surface area contributed by atoms with E-state index in [1.807, 2.05) is 0 Å². The van der Waals surface area contributed by atoms with Crippen LogP contribution in [0, 0.1) is 0 Å². The minimum atomic E-state index is -3.49. The second-order valence-electron chi connectivity index (χ2n) is 4.23. The van der Waals surface area contributed by atoms with Crippen LogP contribution in [0.4, 0.5) is 0 Å². The van der Waals surface area contributed by atoms with E-state index in [4.69, 9.17) is 8.92 Å². The van der Waals surface area contributed by atoms with Crippen LogP contribution in [0.1, 0.15) is 6.42 Å². The Balaban J connectivity index is 1.86. The first kappa shape index (κ1) is 10.2. The fourth-order valence-electron chi connectivity index (χ4n) is 2.76. The van der Waals surface area contributed by atoms with Gasteiger partial charge in [0.1, 0.15) is 17.5 Å². The van der Waals surface area contributed by atoms with Crippen molar-refractivity contribution in [3.63, 3.8) is 0 Å². The number of nitrogens with one attached hydrogen (secondary N) is 1. The quantitative estimate of drug-likeness (QED) is 0.379. The molecule has 3 fully saturated rings. The van der Waals surface area contributed by atoms with E-state index in [0.29, 0.717) is 6.42 Å². The van der Waals surface area contributed by atoms with Crippen LogP contribution in [0.15, 0.2) is 12.7 Å². The molecule has 6 nitrogen and oxygen atoms in total. The predicted molar refractivity (Wildman–Crippen MR) is 53.0 cm³/mol. The smallest absolute Gasteiger partial charge is 0.330 e. The molecule has 5 atom stereocenters. The number of esters is 1. The molecular formula is C9H11NO5S. The Bertz CT molecular complexity index is 459. The minimum absolute atomic E-state index is 0.124. The summed E-state index contributed by atoms with van der Waals surface area (Å²) in [6.45, 7) is 3.30. The van der Waals surface area contributed by atoms with Gasteiger partial charge in [-0.1, -0.05) is 6.58 Å². The van der Waals surface area contributed by atoms with Crippen molar-refractivity contribution in [2.24, 2.45) is 0 Å². The second kappa shape index (κ2) is 3.06. The van der Waals surface area contributed by atoms with E-state index in [1.54, 1.807) is 0 Å². The third-order valence-corrected chi connectivity index (χ3v) is 5.12. The average molecular weight is 245 g/mol. The van der Waals surface area contributed by atoms with E-state index in [9.17, 15) is 13.2 Å². The Morgan fingerprint density at radius 2 is 2.31 bits per heavy atom. The summed E-state index contributed by atoms with van der Waals surface area (Å²) < 4.78 is 33.2. The summed E-state index contributed by atoms with van der Waals surface area (Å²) in [6.07, 6.45) is 0.410. The number of fused-ring (bicyclic) bond motifs is 1. The van der Waals surface area contributed by atoms with Gasteiger partial charge < -0.3 is 10.1 Å². The van der Waals surface area contributed by atoms with Gasteiger partial charge in [0.2, 0.25) is 0 Å². The van der Waals surface area contributed by atoms with Gasteiger partial charge in [0.25, 0.3) is 10.1 Å². The minimum Gasteiger partial charge on any atom is -0.455 e. The van der Waals surface area contributed by atoms with E-state index in [1.165, 1.54) is 0 Å². The van der Waals surface area contributed by atoms with Crippen molar-refractivity contribution in [2.75, 3.05) is 0 Å². The fraction of sp³-hybridized carbons (Fsp3) is 0.667. The summed E-state index contributed by atoms with van der Waals surface area (Å²) in [4.78, 5) is 11.1. The lowest BCUT2D eigenvalue weighted by Crippen LogP contribution is -2.41. The van der Waals surface area contributed by atoms with Gasteiger partial charge in [-0.15, -0.1) is 0 Å². The van der Waals surface area contributed by atoms with Crippen molar-refractivity contribution < 1.29 is 22.1 Å². The summed E-state index contributed by atoms with van der Waals surface area (Å²) in [6, 6.07) is -0.362. The number of carbonyl (C=O) groups excluding carboxylic acids is 1. The fourth-order valence-corrected chi connectivity index (χ4v) is 4.48. The molecule has 3 rings (SSSR count). The molecule has 0 spiro atoms. The van der Waals surface area contributed by atoms with Crippen molar-refractivity contribution in [2.45, 2.75) is 36.0 Å². The summed E-state index contributed by atoms with van der Waals surface area (Å²) in [5, 5.41) is 2.62. The molecular weight excluding hydrogens is 234 g/mol. The molecule has 0 aromatic carbocycles. The monoisotopic (exact) mass is 245 g/mol. The third-order valence-electron chi connectivity index (χ3n) is 3.40. The van der Waals surface area contributed by atoms with Crippen LogP contribution in [0.2, 0.25) is 0 Å². The standard InChI is InChI=1S/C9H11NO5S/c1-2-6(11)14-8-4-3-5-7(10-4)9(8)15-16(5,12)13/h2,4-5,7-10H,1,3H2. The highest BCUT2D eigenvalue weighted by molar-refractivity contribution is 7.87. The first-order chi connectivity index (χ1) is 7.53. The Morgan fingerprint density at radius 1 is 1.56 bits per heavy atom. The van der Waals surface area contributed by atoms with Crippen LogP contribution in [-0.2, 0) is 23.8 Å². The molecule has 0 amide bonds. The van der Waals surface area contributed by atoms with Crippen molar-refractivity contribution in [1.29, 1.82) is 0 Å². The van der Waals surface area contributed by atoms with Gasteiger partial charge >= 0.3 is 5.97 Å². The van der Waals surface area contributed by atoms with Crippen molar-refractivity contribution in [1.82, 2.24) is 5.32 Å².